The number of anilines is 1. The monoisotopic (exact) mass is 359 g/mol. The highest BCUT2D eigenvalue weighted by atomic mass is 35.5. The van der Waals surface area contributed by atoms with Crippen LogP contribution < -0.4 is 9.62 Å². The smallest absolute Gasteiger partial charge is 0.252 e. The Morgan fingerprint density at radius 2 is 2.09 bits per heavy atom. The Hall–Kier alpha value is -1.31. The van der Waals surface area contributed by atoms with Crippen molar-refractivity contribution in [3.05, 3.63) is 28.8 Å². The number of nitrogens with one attached hydrogen (secondary N) is 1. The summed E-state index contributed by atoms with van der Waals surface area (Å²) in [6.45, 7) is 1.64. The van der Waals surface area contributed by atoms with Crippen LogP contribution >= 0.6 is 11.6 Å². The van der Waals surface area contributed by atoms with Gasteiger partial charge in [-0.15, -0.1) is 0 Å². The molecule has 128 valence electrons. The third-order valence-corrected chi connectivity index (χ3v) is 5.88. The van der Waals surface area contributed by atoms with Gasteiger partial charge >= 0.3 is 0 Å². The van der Waals surface area contributed by atoms with Gasteiger partial charge in [-0.3, -0.25) is 9.10 Å². The Labute approximate surface area is 142 Å². The number of likely N-dealkylation sites (N-methyl/N-ethyl adjacent to an activating group) is 1. The van der Waals surface area contributed by atoms with Gasteiger partial charge in [0.2, 0.25) is 10.0 Å². The summed E-state index contributed by atoms with van der Waals surface area (Å²) in [6.07, 6.45) is 1.48. The molecule has 6 nitrogen and oxygen atoms in total. The first kappa shape index (κ1) is 18.0. The van der Waals surface area contributed by atoms with E-state index in [1.807, 2.05) is 19.0 Å². The van der Waals surface area contributed by atoms with E-state index in [2.05, 4.69) is 5.32 Å². The maximum Gasteiger partial charge on any atom is 0.252 e. The van der Waals surface area contributed by atoms with Crippen LogP contribution in [-0.2, 0) is 10.0 Å². The van der Waals surface area contributed by atoms with Gasteiger partial charge in [-0.1, -0.05) is 11.6 Å². The molecule has 0 spiro atoms. The van der Waals surface area contributed by atoms with E-state index >= 15 is 0 Å². The number of carbonyl (C=O) groups excluding carboxylic acids is 1. The van der Waals surface area contributed by atoms with Crippen LogP contribution in [0.25, 0.3) is 0 Å². The average Bonchev–Trinajstić information content (AvgIpc) is 2.47. The van der Waals surface area contributed by atoms with Gasteiger partial charge < -0.3 is 10.2 Å². The fraction of sp³-hybridized carbons (Fsp3) is 0.533. The minimum absolute atomic E-state index is 0.139. The molecule has 1 aromatic carbocycles. The minimum atomic E-state index is -3.31. The summed E-state index contributed by atoms with van der Waals surface area (Å²) in [5.41, 5.74) is 0.788. The summed E-state index contributed by atoms with van der Waals surface area (Å²) in [7, 11) is 0.527. The highest BCUT2D eigenvalue weighted by Crippen LogP contribution is 2.27. The third kappa shape index (κ3) is 4.59. The van der Waals surface area contributed by atoms with Crippen LogP contribution in [0.15, 0.2) is 18.2 Å². The molecule has 2 rings (SSSR count). The summed E-state index contributed by atoms with van der Waals surface area (Å²) >= 11 is 6.10. The van der Waals surface area contributed by atoms with E-state index in [0.717, 1.165) is 6.42 Å². The number of amides is 1. The molecule has 0 atom stereocenters. The van der Waals surface area contributed by atoms with Crippen molar-refractivity contribution in [1.82, 2.24) is 10.2 Å². The maximum absolute atomic E-state index is 12.3. The first-order chi connectivity index (χ1) is 10.8. The zero-order chi connectivity index (χ0) is 17.0. The van der Waals surface area contributed by atoms with Gasteiger partial charge in [0.1, 0.15) is 0 Å². The Bertz CT molecular complexity index is 677. The fourth-order valence-electron chi connectivity index (χ4n) is 2.41. The number of carbonyl (C=O) groups is 1. The predicted octanol–water partition coefficient (Wildman–Crippen LogP) is 1.56. The highest BCUT2D eigenvalue weighted by molar-refractivity contribution is 7.92. The fourth-order valence-corrected chi connectivity index (χ4v) is 4.24. The van der Waals surface area contributed by atoms with Crippen molar-refractivity contribution in [3.63, 3.8) is 0 Å². The van der Waals surface area contributed by atoms with Crippen LogP contribution in [-0.4, -0.2) is 58.7 Å². The molecule has 0 aliphatic carbocycles. The van der Waals surface area contributed by atoms with Crippen LogP contribution in [0.3, 0.4) is 0 Å². The standard InChI is InChI=1S/C15H22ClN3O3S/c1-18(2)9-7-17-15(20)13-11-12(5-6-14(13)16)19-8-3-4-10-23(19,21)22/h5-6,11H,3-4,7-10H2,1-2H3,(H,17,20). The zero-order valence-electron chi connectivity index (χ0n) is 13.4. The number of hydrogen-bond acceptors (Lipinski definition) is 4. The Kier molecular flexibility index (Phi) is 5.89. The second kappa shape index (κ2) is 7.51. The van der Waals surface area contributed by atoms with E-state index in [4.69, 9.17) is 11.6 Å². The molecule has 1 N–H and O–H groups in total. The molecule has 1 fully saturated rings. The van der Waals surface area contributed by atoms with Crippen molar-refractivity contribution in [1.29, 1.82) is 0 Å². The van der Waals surface area contributed by atoms with Gasteiger partial charge in [0.25, 0.3) is 5.91 Å². The second-order valence-corrected chi connectivity index (χ2v) is 8.24. The molecule has 8 heteroatoms. The molecule has 23 heavy (non-hydrogen) atoms. The molecular weight excluding hydrogens is 338 g/mol. The van der Waals surface area contributed by atoms with Crippen LogP contribution in [0.1, 0.15) is 23.2 Å². The van der Waals surface area contributed by atoms with Crippen molar-refractivity contribution >= 4 is 33.2 Å². The molecule has 0 unspecified atom stereocenters. The number of hydrogen-bond donors (Lipinski definition) is 1. The predicted molar refractivity (Wildman–Crippen MR) is 92.7 cm³/mol. The highest BCUT2D eigenvalue weighted by Gasteiger charge is 2.27. The summed E-state index contributed by atoms with van der Waals surface area (Å²) in [5, 5.41) is 3.10. The largest absolute Gasteiger partial charge is 0.351 e. The lowest BCUT2D eigenvalue weighted by Gasteiger charge is -2.28. The van der Waals surface area contributed by atoms with Gasteiger partial charge in [-0.05, 0) is 45.1 Å². The Morgan fingerprint density at radius 1 is 1.35 bits per heavy atom. The topological polar surface area (TPSA) is 69.7 Å². The van der Waals surface area contributed by atoms with Gasteiger partial charge in [0, 0.05) is 19.6 Å². The number of benzene rings is 1. The molecular formula is C15H22ClN3O3S. The van der Waals surface area contributed by atoms with E-state index in [0.29, 0.717) is 42.3 Å². The SMILES string of the molecule is CN(C)CCNC(=O)c1cc(N2CCCCS2(=O)=O)ccc1Cl. The Morgan fingerprint density at radius 3 is 2.74 bits per heavy atom. The summed E-state index contributed by atoms with van der Waals surface area (Å²) in [4.78, 5) is 14.2. The van der Waals surface area contributed by atoms with Crippen LogP contribution in [0.4, 0.5) is 5.69 Å². The molecule has 1 heterocycles. The minimum Gasteiger partial charge on any atom is -0.351 e. The first-order valence-electron chi connectivity index (χ1n) is 7.54. The van der Waals surface area contributed by atoms with Gasteiger partial charge in [0.05, 0.1) is 22.0 Å². The molecule has 0 saturated carbocycles. The zero-order valence-corrected chi connectivity index (χ0v) is 15.0. The van der Waals surface area contributed by atoms with E-state index in [1.165, 1.54) is 4.31 Å². The number of nitrogens with zero attached hydrogens (tertiary/aromatic N) is 2. The number of sulfonamides is 1. The van der Waals surface area contributed by atoms with E-state index in [-0.39, 0.29) is 11.7 Å². The molecule has 1 aromatic rings. The lowest BCUT2D eigenvalue weighted by molar-refractivity contribution is 0.0951. The normalized spacial score (nSPS) is 17.3. The third-order valence-electron chi connectivity index (χ3n) is 3.68. The van der Waals surface area contributed by atoms with Crippen molar-refractivity contribution in [2.24, 2.45) is 0 Å². The van der Waals surface area contributed by atoms with Crippen LogP contribution in [0.5, 0.6) is 0 Å². The maximum atomic E-state index is 12.3. The quantitative estimate of drug-likeness (QED) is 0.866. The summed E-state index contributed by atoms with van der Waals surface area (Å²) in [6, 6.07) is 4.76. The van der Waals surface area contributed by atoms with Gasteiger partial charge in [0.15, 0.2) is 0 Å². The second-order valence-electron chi connectivity index (χ2n) is 5.82. The first-order valence-corrected chi connectivity index (χ1v) is 9.53. The summed E-state index contributed by atoms with van der Waals surface area (Å²) in [5.74, 6) is -0.159. The van der Waals surface area contributed by atoms with Crippen LogP contribution in [0.2, 0.25) is 5.02 Å². The van der Waals surface area contributed by atoms with Gasteiger partial charge in [-0.2, -0.15) is 0 Å². The number of rotatable bonds is 5. The lowest BCUT2D eigenvalue weighted by Crippen LogP contribution is -2.38. The molecule has 1 amide bonds. The molecule has 1 aliphatic heterocycles. The molecule has 0 bridgehead atoms. The van der Waals surface area contributed by atoms with Crippen molar-refractivity contribution < 1.29 is 13.2 Å². The average molecular weight is 360 g/mol. The van der Waals surface area contributed by atoms with Crippen molar-refractivity contribution in [2.75, 3.05) is 43.8 Å². The van der Waals surface area contributed by atoms with Crippen molar-refractivity contribution in [2.45, 2.75) is 12.8 Å². The molecule has 1 saturated heterocycles. The number of halogens is 1. The molecule has 0 radical (unpaired) electrons. The van der Waals surface area contributed by atoms with E-state index < -0.39 is 10.0 Å². The molecule has 1 aliphatic rings. The molecule has 0 aromatic heterocycles. The van der Waals surface area contributed by atoms with Gasteiger partial charge in [-0.25, -0.2) is 8.42 Å². The lowest BCUT2D eigenvalue weighted by atomic mass is 10.1. The van der Waals surface area contributed by atoms with Crippen molar-refractivity contribution in [3.8, 4) is 0 Å². The van der Waals surface area contributed by atoms with Crippen LogP contribution in [0, 0.1) is 0 Å². The Balaban J connectivity index is 2.20. The van der Waals surface area contributed by atoms with E-state index in [9.17, 15) is 13.2 Å². The summed E-state index contributed by atoms with van der Waals surface area (Å²) < 4.78 is 25.7. The van der Waals surface area contributed by atoms with E-state index in [1.54, 1.807) is 18.2 Å².